The van der Waals surface area contributed by atoms with Crippen molar-refractivity contribution in [3.63, 3.8) is 0 Å². The summed E-state index contributed by atoms with van der Waals surface area (Å²) in [5, 5.41) is 12.1. The lowest BCUT2D eigenvalue weighted by atomic mass is 9.91. The molecule has 1 heterocycles. The molecule has 1 fully saturated rings. The van der Waals surface area contributed by atoms with Crippen molar-refractivity contribution in [1.29, 1.82) is 5.26 Å². The second-order valence-electron chi connectivity index (χ2n) is 5.71. The summed E-state index contributed by atoms with van der Waals surface area (Å²) in [5.41, 5.74) is -0.0434. The number of hydrogen-bond acceptors (Lipinski definition) is 5. The van der Waals surface area contributed by atoms with Gasteiger partial charge < -0.3 is 10.1 Å². The van der Waals surface area contributed by atoms with Crippen LogP contribution in [0.4, 0.5) is 0 Å². The molecule has 0 unspecified atom stereocenters. The Bertz CT molecular complexity index is 744. The highest BCUT2D eigenvalue weighted by molar-refractivity contribution is 7.90. The van der Waals surface area contributed by atoms with Crippen molar-refractivity contribution in [2.75, 3.05) is 19.5 Å². The summed E-state index contributed by atoms with van der Waals surface area (Å²) < 4.78 is 29.0. The van der Waals surface area contributed by atoms with Crippen LogP contribution in [-0.2, 0) is 21.0 Å². The summed E-state index contributed by atoms with van der Waals surface area (Å²) in [6.45, 7) is 2.69. The number of nitrogens with zero attached hydrogens (tertiary/aromatic N) is 1. The van der Waals surface area contributed by atoms with E-state index in [0.29, 0.717) is 38.0 Å². The Balaban J connectivity index is 2.31. The molecule has 1 aliphatic heterocycles. The van der Waals surface area contributed by atoms with E-state index >= 15 is 0 Å². The van der Waals surface area contributed by atoms with Gasteiger partial charge in [0.15, 0.2) is 9.84 Å². The van der Waals surface area contributed by atoms with E-state index in [-0.39, 0.29) is 10.5 Å². The Labute approximate surface area is 136 Å². The van der Waals surface area contributed by atoms with Gasteiger partial charge in [-0.25, -0.2) is 8.42 Å². The Kier molecular flexibility index (Phi) is 5.07. The van der Waals surface area contributed by atoms with E-state index in [1.165, 1.54) is 6.07 Å². The first-order valence-electron chi connectivity index (χ1n) is 7.46. The quantitative estimate of drug-likeness (QED) is 0.898. The van der Waals surface area contributed by atoms with Gasteiger partial charge in [0.05, 0.1) is 11.0 Å². The average molecular weight is 336 g/mol. The molecular weight excluding hydrogens is 316 g/mol. The number of ether oxygens (including phenoxy) is 1. The maximum atomic E-state index is 12.5. The van der Waals surface area contributed by atoms with Crippen LogP contribution in [0.15, 0.2) is 23.1 Å². The van der Waals surface area contributed by atoms with Gasteiger partial charge in [0.2, 0.25) is 0 Å². The van der Waals surface area contributed by atoms with Gasteiger partial charge in [-0.15, -0.1) is 0 Å². The van der Waals surface area contributed by atoms with Crippen LogP contribution < -0.4 is 5.32 Å². The van der Waals surface area contributed by atoms with Gasteiger partial charge in [-0.1, -0.05) is 13.0 Å². The van der Waals surface area contributed by atoms with E-state index < -0.39 is 21.3 Å². The molecule has 0 aromatic heterocycles. The fourth-order valence-electron chi connectivity index (χ4n) is 2.61. The molecule has 1 aliphatic rings. The Morgan fingerprint density at radius 1 is 1.39 bits per heavy atom. The standard InChI is InChI=1S/C16H20N2O4S/c1-3-12-4-5-13(10-14(12)23(2,20)21)15(19)18-16(11-17)6-8-22-9-7-16/h4-5,10H,3,6-9H2,1-2H3,(H,18,19). The SMILES string of the molecule is CCc1ccc(C(=O)NC2(C#N)CCOCC2)cc1S(C)(=O)=O. The zero-order valence-electron chi connectivity index (χ0n) is 13.3. The first-order chi connectivity index (χ1) is 10.8. The lowest BCUT2D eigenvalue weighted by Gasteiger charge is -2.31. The van der Waals surface area contributed by atoms with Gasteiger partial charge in [0, 0.05) is 37.9 Å². The normalized spacial score (nSPS) is 17.3. The highest BCUT2D eigenvalue weighted by Crippen LogP contribution is 2.22. The number of aryl methyl sites for hydroxylation is 1. The maximum absolute atomic E-state index is 12.5. The van der Waals surface area contributed by atoms with E-state index in [4.69, 9.17) is 4.74 Å². The lowest BCUT2D eigenvalue weighted by molar-refractivity contribution is 0.0531. The fraction of sp³-hybridized carbons (Fsp3) is 0.500. The average Bonchev–Trinajstić information content (AvgIpc) is 2.54. The molecule has 1 amide bonds. The molecule has 2 rings (SSSR count). The van der Waals surface area contributed by atoms with E-state index in [1.54, 1.807) is 12.1 Å². The lowest BCUT2D eigenvalue weighted by Crippen LogP contribution is -2.50. The molecule has 0 aliphatic carbocycles. The largest absolute Gasteiger partial charge is 0.381 e. The van der Waals surface area contributed by atoms with Crippen molar-refractivity contribution >= 4 is 15.7 Å². The molecule has 23 heavy (non-hydrogen) atoms. The molecule has 1 saturated heterocycles. The molecule has 124 valence electrons. The highest BCUT2D eigenvalue weighted by Gasteiger charge is 2.34. The molecule has 0 atom stereocenters. The second kappa shape index (κ2) is 6.69. The summed E-state index contributed by atoms with van der Waals surface area (Å²) in [5.74, 6) is -0.444. The smallest absolute Gasteiger partial charge is 0.252 e. The van der Waals surface area contributed by atoms with Crippen molar-refractivity contribution in [2.45, 2.75) is 36.6 Å². The molecule has 7 heteroatoms. The third kappa shape index (κ3) is 3.89. The minimum Gasteiger partial charge on any atom is -0.381 e. The number of hydrogen-bond donors (Lipinski definition) is 1. The van der Waals surface area contributed by atoms with E-state index in [9.17, 15) is 18.5 Å². The molecule has 0 radical (unpaired) electrons. The predicted octanol–water partition coefficient (Wildman–Crippen LogP) is 1.46. The van der Waals surface area contributed by atoms with Crippen molar-refractivity contribution in [1.82, 2.24) is 5.32 Å². The molecule has 0 spiro atoms. The number of amides is 1. The van der Waals surface area contributed by atoms with Gasteiger partial charge in [-0.2, -0.15) is 5.26 Å². The van der Waals surface area contributed by atoms with Crippen LogP contribution in [0, 0.1) is 11.3 Å². The zero-order valence-corrected chi connectivity index (χ0v) is 14.1. The van der Waals surface area contributed by atoms with Gasteiger partial charge >= 0.3 is 0 Å². The summed E-state index contributed by atoms with van der Waals surface area (Å²) in [7, 11) is -3.42. The summed E-state index contributed by atoms with van der Waals surface area (Å²) in [6, 6.07) is 6.78. The van der Waals surface area contributed by atoms with E-state index in [0.717, 1.165) is 6.26 Å². The number of nitriles is 1. The van der Waals surface area contributed by atoms with Crippen LogP contribution in [0.1, 0.15) is 35.7 Å². The molecule has 0 bridgehead atoms. The second-order valence-corrected chi connectivity index (χ2v) is 7.69. The number of carbonyl (C=O) groups is 1. The number of rotatable bonds is 4. The van der Waals surface area contributed by atoms with Crippen LogP contribution in [0.2, 0.25) is 0 Å². The Morgan fingerprint density at radius 2 is 2.04 bits per heavy atom. The molecule has 1 aromatic rings. The summed E-state index contributed by atoms with van der Waals surface area (Å²) >= 11 is 0. The van der Waals surface area contributed by atoms with Crippen molar-refractivity contribution in [2.24, 2.45) is 0 Å². The van der Waals surface area contributed by atoms with Gasteiger partial charge in [0.25, 0.3) is 5.91 Å². The predicted molar refractivity (Wildman–Crippen MR) is 84.8 cm³/mol. The number of sulfone groups is 1. The fourth-order valence-corrected chi connectivity index (χ4v) is 3.64. The van der Waals surface area contributed by atoms with Crippen molar-refractivity contribution in [3.05, 3.63) is 29.3 Å². The molecule has 1 aromatic carbocycles. The first kappa shape index (κ1) is 17.4. The van der Waals surface area contributed by atoms with Gasteiger partial charge in [-0.05, 0) is 24.1 Å². The van der Waals surface area contributed by atoms with Crippen molar-refractivity contribution < 1.29 is 17.9 Å². The summed E-state index contributed by atoms with van der Waals surface area (Å²) in [6.07, 6.45) is 2.52. The third-order valence-electron chi connectivity index (χ3n) is 4.02. The topological polar surface area (TPSA) is 96.3 Å². The number of nitrogens with one attached hydrogen (secondary N) is 1. The maximum Gasteiger partial charge on any atom is 0.252 e. The van der Waals surface area contributed by atoms with Crippen LogP contribution >= 0.6 is 0 Å². The van der Waals surface area contributed by atoms with E-state index in [1.807, 2.05) is 6.92 Å². The van der Waals surface area contributed by atoms with Crippen LogP contribution in [0.25, 0.3) is 0 Å². The molecule has 6 nitrogen and oxygen atoms in total. The third-order valence-corrected chi connectivity index (χ3v) is 5.20. The van der Waals surface area contributed by atoms with Gasteiger partial charge in [-0.3, -0.25) is 4.79 Å². The van der Waals surface area contributed by atoms with Crippen LogP contribution in [0.3, 0.4) is 0 Å². The Morgan fingerprint density at radius 3 is 2.57 bits per heavy atom. The van der Waals surface area contributed by atoms with E-state index in [2.05, 4.69) is 11.4 Å². The van der Waals surface area contributed by atoms with Crippen molar-refractivity contribution in [3.8, 4) is 6.07 Å². The highest BCUT2D eigenvalue weighted by atomic mass is 32.2. The minimum atomic E-state index is -3.42. The summed E-state index contributed by atoms with van der Waals surface area (Å²) in [4.78, 5) is 12.6. The minimum absolute atomic E-state index is 0.158. The van der Waals surface area contributed by atoms with Crippen LogP contribution in [0.5, 0.6) is 0 Å². The number of carbonyl (C=O) groups excluding carboxylic acids is 1. The zero-order chi connectivity index (χ0) is 17.1. The Hall–Kier alpha value is -1.91. The molecule has 0 saturated carbocycles. The first-order valence-corrected chi connectivity index (χ1v) is 9.35. The van der Waals surface area contributed by atoms with Gasteiger partial charge in [0.1, 0.15) is 5.54 Å². The molecule has 1 N–H and O–H groups in total. The monoisotopic (exact) mass is 336 g/mol. The molecular formula is C16H20N2O4S. The van der Waals surface area contributed by atoms with Crippen LogP contribution in [-0.4, -0.2) is 39.3 Å². The number of benzene rings is 1.